The standard InChI is InChI=1S/C28H34N2O5SSi/c1-21-10-13-26(31)24(16-21)17-23-11-12-25(27(18-23)35-20-22-8-6-5-7-9-22)30-19-28(32)29(36(30,33)34)14-15-37(2,3)4/h5-13,16,18-19,31-32H,14-15,17,20H2,1-4H3. The lowest BCUT2D eigenvalue weighted by molar-refractivity contribution is 0.294. The Bertz CT molecular complexity index is 1400. The highest BCUT2D eigenvalue weighted by atomic mass is 32.2. The van der Waals surface area contributed by atoms with Gasteiger partial charge in [0, 0.05) is 21.0 Å². The predicted octanol–water partition coefficient (Wildman–Crippen LogP) is 5.93. The Morgan fingerprint density at radius 3 is 2.35 bits per heavy atom. The van der Waals surface area contributed by atoms with Crippen LogP contribution in [-0.4, -0.2) is 37.6 Å². The lowest BCUT2D eigenvalue weighted by atomic mass is 10.0. The van der Waals surface area contributed by atoms with E-state index in [1.54, 1.807) is 18.2 Å². The fourth-order valence-corrected chi connectivity index (χ4v) is 6.60. The van der Waals surface area contributed by atoms with E-state index in [0.717, 1.165) is 30.9 Å². The maximum absolute atomic E-state index is 13.5. The van der Waals surface area contributed by atoms with Crippen molar-refractivity contribution in [3.63, 3.8) is 0 Å². The van der Waals surface area contributed by atoms with E-state index >= 15 is 0 Å². The molecule has 9 heteroatoms. The van der Waals surface area contributed by atoms with E-state index in [2.05, 4.69) is 19.6 Å². The minimum Gasteiger partial charge on any atom is -0.508 e. The minimum absolute atomic E-state index is 0.203. The molecule has 4 rings (SSSR count). The maximum Gasteiger partial charge on any atom is 0.332 e. The fourth-order valence-electron chi connectivity index (χ4n) is 4.10. The number of rotatable bonds is 9. The van der Waals surface area contributed by atoms with Gasteiger partial charge >= 0.3 is 10.2 Å². The van der Waals surface area contributed by atoms with Crippen LogP contribution in [-0.2, 0) is 23.2 Å². The quantitative estimate of drug-likeness (QED) is 0.330. The molecule has 37 heavy (non-hydrogen) atoms. The highest BCUT2D eigenvalue weighted by Crippen LogP contribution is 2.38. The number of hydrogen-bond donors (Lipinski definition) is 2. The first-order valence-corrected chi connectivity index (χ1v) is 17.4. The molecule has 3 aromatic rings. The maximum atomic E-state index is 13.5. The lowest BCUT2D eigenvalue weighted by Crippen LogP contribution is -2.37. The molecule has 0 spiro atoms. The van der Waals surface area contributed by atoms with E-state index in [-0.39, 0.29) is 24.8 Å². The number of aliphatic hydroxyl groups excluding tert-OH is 1. The molecule has 0 radical (unpaired) electrons. The van der Waals surface area contributed by atoms with Crippen LogP contribution < -0.4 is 9.04 Å². The third-order valence-electron chi connectivity index (χ3n) is 6.21. The third-order valence-corrected chi connectivity index (χ3v) is 9.66. The van der Waals surface area contributed by atoms with Crippen molar-refractivity contribution in [2.45, 2.75) is 45.6 Å². The zero-order valence-corrected chi connectivity index (χ0v) is 23.5. The first kappa shape index (κ1) is 26.6. The summed E-state index contributed by atoms with van der Waals surface area (Å²) in [5.41, 5.74) is 3.91. The van der Waals surface area contributed by atoms with Gasteiger partial charge in [-0.25, -0.2) is 8.61 Å². The van der Waals surface area contributed by atoms with Gasteiger partial charge < -0.3 is 14.9 Å². The molecule has 1 heterocycles. The van der Waals surface area contributed by atoms with Gasteiger partial charge in [0.25, 0.3) is 0 Å². The first-order chi connectivity index (χ1) is 17.4. The van der Waals surface area contributed by atoms with Gasteiger partial charge in [0.2, 0.25) is 5.88 Å². The monoisotopic (exact) mass is 538 g/mol. The fraction of sp³-hybridized carbons (Fsp3) is 0.286. The molecule has 0 aliphatic carbocycles. The first-order valence-electron chi connectivity index (χ1n) is 12.2. The van der Waals surface area contributed by atoms with Crippen LogP contribution in [0.15, 0.2) is 78.8 Å². The molecular formula is C28H34N2O5SSi. The summed E-state index contributed by atoms with van der Waals surface area (Å²) < 4.78 is 35.2. The Morgan fingerprint density at radius 1 is 0.919 bits per heavy atom. The second-order valence-corrected chi connectivity index (χ2v) is 17.9. The van der Waals surface area contributed by atoms with Crippen molar-refractivity contribution >= 4 is 24.0 Å². The summed E-state index contributed by atoms with van der Waals surface area (Å²) in [7, 11) is -5.56. The van der Waals surface area contributed by atoms with Crippen LogP contribution in [0.5, 0.6) is 11.5 Å². The van der Waals surface area contributed by atoms with E-state index in [9.17, 15) is 18.6 Å². The summed E-state index contributed by atoms with van der Waals surface area (Å²) in [6.07, 6.45) is 1.68. The number of hydrogen-bond acceptors (Lipinski definition) is 5. The van der Waals surface area contributed by atoms with E-state index < -0.39 is 18.3 Å². The summed E-state index contributed by atoms with van der Waals surface area (Å²) in [4.78, 5) is 0. The number of benzene rings is 3. The summed E-state index contributed by atoms with van der Waals surface area (Å²) in [5, 5.41) is 20.9. The topological polar surface area (TPSA) is 90.3 Å². The van der Waals surface area contributed by atoms with Gasteiger partial charge in [0.05, 0.1) is 6.20 Å². The Balaban J connectivity index is 1.68. The number of nitrogens with zero attached hydrogens (tertiary/aromatic N) is 2. The number of aryl methyl sites for hydroxylation is 1. The SMILES string of the molecule is Cc1ccc(O)c(Cc2ccc(N3C=C(O)N(CC[Si](C)(C)C)S3(=O)=O)c(OCc3ccccc3)c2)c1. The normalized spacial score (nSPS) is 15.1. The highest BCUT2D eigenvalue weighted by molar-refractivity contribution is 7.91. The molecule has 0 unspecified atom stereocenters. The second kappa shape index (κ2) is 10.5. The molecule has 0 fully saturated rings. The van der Waals surface area contributed by atoms with Gasteiger partial charge in [-0.15, -0.1) is 0 Å². The number of phenolic OH excluding ortho intramolecular Hbond substituents is 1. The van der Waals surface area contributed by atoms with Crippen molar-refractivity contribution in [3.8, 4) is 11.5 Å². The minimum atomic E-state index is -4.02. The molecule has 0 aromatic heterocycles. The summed E-state index contributed by atoms with van der Waals surface area (Å²) >= 11 is 0. The van der Waals surface area contributed by atoms with E-state index in [0.29, 0.717) is 23.9 Å². The van der Waals surface area contributed by atoms with E-state index in [1.165, 1.54) is 6.20 Å². The molecule has 0 amide bonds. The number of phenols is 1. The van der Waals surface area contributed by atoms with Crippen LogP contribution in [0.4, 0.5) is 5.69 Å². The Hall–Kier alpha value is -3.43. The molecule has 1 aliphatic heterocycles. The Morgan fingerprint density at radius 2 is 1.65 bits per heavy atom. The number of aromatic hydroxyl groups is 1. The van der Waals surface area contributed by atoms with Crippen molar-refractivity contribution in [1.82, 2.24) is 4.31 Å². The van der Waals surface area contributed by atoms with Crippen molar-refractivity contribution in [1.29, 1.82) is 0 Å². The molecule has 196 valence electrons. The lowest BCUT2D eigenvalue weighted by Gasteiger charge is -2.25. The summed E-state index contributed by atoms with van der Waals surface area (Å²) in [5.74, 6) is 0.267. The van der Waals surface area contributed by atoms with E-state index in [1.807, 2.05) is 55.5 Å². The largest absolute Gasteiger partial charge is 0.508 e. The second-order valence-electron chi connectivity index (χ2n) is 10.6. The number of anilines is 1. The average Bonchev–Trinajstić information content (AvgIpc) is 3.06. The van der Waals surface area contributed by atoms with Crippen LogP contribution in [0, 0.1) is 6.92 Å². The molecule has 0 saturated carbocycles. The molecule has 0 bridgehead atoms. The average molecular weight is 539 g/mol. The third kappa shape index (κ3) is 6.29. The number of ether oxygens (including phenoxy) is 1. The van der Waals surface area contributed by atoms with Gasteiger partial charge in [-0.05, 0) is 47.9 Å². The van der Waals surface area contributed by atoms with Crippen LogP contribution in [0.25, 0.3) is 0 Å². The van der Waals surface area contributed by atoms with Crippen molar-refractivity contribution in [2.75, 3.05) is 10.8 Å². The predicted molar refractivity (Wildman–Crippen MR) is 150 cm³/mol. The van der Waals surface area contributed by atoms with Gasteiger partial charge in [-0.2, -0.15) is 8.42 Å². The van der Waals surface area contributed by atoms with Crippen molar-refractivity contribution in [2.24, 2.45) is 0 Å². The van der Waals surface area contributed by atoms with Crippen LogP contribution in [0.1, 0.15) is 22.3 Å². The van der Waals surface area contributed by atoms with Gasteiger partial charge in [-0.3, -0.25) is 0 Å². The molecular weight excluding hydrogens is 504 g/mol. The van der Waals surface area contributed by atoms with Gasteiger partial charge in [0.15, 0.2) is 0 Å². The van der Waals surface area contributed by atoms with Crippen LogP contribution in [0.3, 0.4) is 0 Å². The number of aliphatic hydroxyl groups is 1. The van der Waals surface area contributed by atoms with Crippen LogP contribution in [0.2, 0.25) is 25.7 Å². The van der Waals surface area contributed by atoms with Gasteiger partial charge in [-0.1, -0.05) is 73.7 Å². The molecule has 7 nitrogen and oxygen atoms in total. The Kier molecular flexibility index (Phi) is 7.56. The molecule has 2 N–H and O–H groups in total. The van der Waals surface area contributed by atoms with E-state index in [4.69, 9.17) is 4.74 Å². The zero-order chi connectivity index (χ0) is 26.8. The smallest absolute Gasteiger partial charge is 0.332 e. The summed E-state index contributed by atoms with van der Waals surface area (Å²) in [6.45, 7) is 8.92. The van der Waals surface area contributed by atoms with Crippen molar-refractivity contribution < 1.29 is 23.4 Å². The molecule has 3 aromatic carbocycles. The van der Waals surface area contributed by atoms with Gasteiger partial charge in [0.1, 0.15) is 23.8 Å². The molecule has 0 saturated heterocycles. The van der Waals surface area contributed by atoms with Crippen LogP contribution >= 0.6 is 0 Å². The van der Waals surface area contributed by atoms with Crippen molar-refractivity contribution in [3.05, 3.63) is 101 Å². The Labute approximate surface area is 220 Å². The molecule has 1 aliphatic rings. The highest BCUT2D eigenvalue weighted by Gasteiger charge is 2.39. The zero-order valence-electron chi connectivity index (χ0n) is 21.7. The summed E-state index contributed by atoms with van der Waals surface area (Å²) in [6, 6.07) is 21.1. The molecule has 0 atom stereocenters.